The molecule has 0 atom stereocenters. The Morgan fingerprint density at radius 2 is 1.84 bits per heavy atom. The number of carbonyl (C=O) groups excluding carboxylic acids is 1. The maximum absolute atomic E-state index is 12.8. The van der Waals surface area contributed by atoms with Crippen molar-refractivity contribution in [3.63, 3.8) is 0 Å². The molecular formula is C23H24N6O3. The molecule has 0 N–H and O–H groups in total. The fourth-order valence-corrected chi connectivity index (χ4v) is 3.80. The summed E-state index contributed by atoms with van der Waals surface area (Å²) in [5, 5.41) is 9.00. The summed E-state index contributed by atoms with van der Waals surface area (Å²) in [5.41, 5.74) is 2.21. The first-order chi connectivity index (χ1) is 15.6. The number of para-hydroxylation sites is 1. The molecule has 3 aromatic heterocycles. The Balaban J connectivity index is 1.19. The van der Waals surface area contributed by atoms with Crippen LogP contribution in [0.1, 0.15) is 31.4 Å². The molecule has 1 aliphatic heterocycles. The van der Waals surface area contributed by atoms with Gasteiger partial charge in [0.1, 0.15) is 11.5 Å². The van der Waals surface area contributed by atoms with Gasteiger partial charge in [-0.25, -0.2) is 4.98 Å². The molecule has 1 amide bonds. The highest BCUT2D eigenvalue weighted by Gasteiger charge is 2.24. The number of nitrogens with zero attached hydrogens (tertiary/aromatic N) is 6. The van der Waals surface area contributed by atoms with Crippen LogP contribution in [0.3, 0.4) is 0 Å². The van der Waals surface area contributed by atoms with E-state index < -0.39 is 0 Å². The molecule has 0 saturated carbocycles. The van der Waals surface area contributed by atoms with Gasteiger partial charge < -0.3 is 18.8 Å². The first-order valence-electron chi connectivity index (χ1n) is 10.7. The van der Waals surface area contributed by atoms with E-state index in [9.17, 15) is 4.79 Å². The predicted octanol–water partition coefficient (Wildman–Crippen LogP) is 3.29. The lowest BCUT2D eigenvalue weighted by Gasteiger charge is -2.35. The fraction of sp³-hybridized carbons (Fsp3) is 0.348. The molecule has 0 bridgehead atoms. The summed E-state index contributed by atoms with van der Waals surface area (Å²) in [7, 11) is 0. The maximum atomic E-state index is 12.8. The van der Waals surface area contributed by atoms with Crippen molar-refractivity contribution >= 4 is 22.7 Å². The van der Waals surface area contributed by atoms with Gasteiger partial charge in [0, 0.05) is 49.2 Å². The highest BCUT2D eigenvalue weighted by molar-refractivity contribution is 5.86. The third-order valence-electron chi connectivity index (χ3n) is 5.67. The van der Waals surface area contributed by atoms with Gasteiger partial charge in [0.15, 0.2) is 5.58 Å². The lowest BCUT2D eigenvalue weighted by Crippen LogP contribution is -2.49. The number of aromatic nitrogens is 4. The number of hydrogen-bond acceptors (Lipinski definition) is 8. The van der Waals surface area contributed by atoms with Crippen molar-refractivity contribution in [3.8, 4) is 11.4 Å². The van der Waals surface area contributed by atoms with Crippen molar-refractivity contribution in [1.29, 1.82) is 0 Å². The first-order valence-corrected chi connectivity index (χ1v) is 10.7. The van der Waals surface area contributed by atoms with E-state index in [1.807, 2.05) is 55.1 Å². The number of carbonyl (C=O) groups is 1. The maximum Gasteiger partial charge on any atom is 0.229 e. The number of amides is 1. The molecule has 4 aromatic rings. The van der Waals surface area contributed by atoms with E-state index in [4.69, 9.17) is 9.05 Å². The lowest BCUT2D eigenvalue weighted by atomic mass is 10.1. The van der Waals surface area contributed by atoms with Crippen LogP contribution in [0.25, 0.3) is 22.4 Å². The van der Waals surface area contributed by atoms with Crippen LogP contribution in [-0.4, -0.2) is 57.3 Å². The summed E-state index contributed by atoms with van der Waals surface area (Å²) in [4.78, 5) is 25.8. The predicted molar refractivity (Wildman–Crippen MR) is 118 cm³/mol. The zero-order valence-electron chi connectivity index (χ0n) is 18.1. The van der Waals surface area contributed by atoms with Crippen molar-refractivity contribution in [1.82, 2.24) is 25.2 Å². The van der Waals surface area contributed by atoms with E-state index in [0.29, 0.717) is 36.1 Å². The molecule has 1 aliphatic rings. The van der Waals surface area contributed by atoms with Crippen LogP contribution in [0.2, 0.25) is 0 Å². The largest absolute Gasteiger partial charge is 0.356 e. The van der Waals surface area contributed by atoms with Crippen LogP contribution in [0.4, 0.5) is 5.82 Å². The van der Waals surface area contributed by atoms with Crippen LogP contribution >= 0.6 is 0 Å². The standard InChI is InChI=1S/C23H24N6O3/c1-15(2)23-25-22(27-32-23)16-7-8-20(24-14-16)28-9-11-29(12-10-28)21(30)13-18-17-5-3-4-6-19(17)31-26-18/h3-8,14-15H,9-13H2,1-2H3. The molecule has 9 nitrogen and oxygen atoms in total. The number of pyridine rings is 1. The van der Waals surface area contributed by atoms with E-state index in [1.165, 1.54) is 0 Å². The zero-order valence-corrected chi connectivity index (χ0v) is 18.1. The van der Waals surface area contributed by atoms with Crippen LogP contribution in [0.5, 0.6) is 0 Å². The number of anilines is 1. The van der Waals surface area contributed by atoms with Gasteiger partial charge in [-0.2, -0.15) is 4.98 Å². The normalized spacial score (nSPS) is 14.5. The van der Waals surface area contributed by atoms with E-state index in [1.54, 1.807) is 6.20 Å². The van der Waals surface area contributed by atoms with Gasteiger partial charge in [-0.1, -0.05) is 36.3 Å². The third kappa shape index (κ3) is 3.93. The van der Waals surface area contributed by atoms with Crippen LogP contribution in [0, 0.1) is 0 Å². The van der Waals surface area contributed by atoms with Crippen LogP contribution in [0.15, 0.2) is 51.6 Å². The van der Waals surface area contributed by atoms with E-state index in [0.717, 1.165) is 29.9 Å². The van der Waals surface area contributed by atoms with Crippen LogP contribution < -0.4 is 4.90 Å². The molecule has 0 radical (unpaired) electrons. The molecule has 1 fully saturated rings. The minimum absolute atomic E-state index is 0.0603. The molecule has 0 spiro atoms. The quantitative estimate of drug-likeness (QED) is 0.473. The van der Waals surface area contributed by atoms with E-state index in [2.05, 4.69) is 25.2 Å². The van der Waals surface area contributed by atoms with Crippen molar-refractivity contribution in [3.05, 3.63) is 54.2 Å². The van der Waals surface area contributed by atoms with Crippen molar-refractivity contribution in [2.45, 2.75) is 26.2 Å². The summed E-state index contributed by atoms with van der Waals surface area (Å²) >= 11 is 0. The number of hydrogen-bond donors (Lipinski definition) is 0. The van der Waals surface area contributed by atoms with Crippen molar-refractivity contribution < 1.29 is 13.8 Å². The highest BCUT2D eigenvalue weighted by atomic mass is 16.5. The van der Waals surface area contributed by atoms with Gasteiger partial charge in [-0.3, -0.25) is 4.79 Å². The molecular weight excluding hydrogens is 408 g/mol. The molecule has 1 aromatic carbocycles. The second-order valence-corrected chi connectivity index (χ2v) is 8.19. The zero-order chi connectivity index (χ0) is 22.1. The molecule has 9 heteroatoms. The van der Waals surface area contributed by atoms with Gasteiger partial charge in [0.2, 0.25) is 17.6 Å². The number of fused-ring (bicyclic) bond motifs is 1. The lowest BCUT2D eigenvalue weighted by molar-refractivity contribution is -0.130. The molecule has 0 aliphatic carbocycles. The van der Waals surface area contributed by atoms with Gasteiger partial charge in [0.05, 0.1) is 6.42 Å². The minimum atomic E-state index is 0.0603. The molecule has 4 heterocycles. The summed E-state index contributed by atoms with van der Waals surface area (Å²) in [6.07, 6.45) is 2.00. The average molecular weight is 432 g/mol. The Kier molecular flexibility index (Phi) is 5.30. The summed E-state index contributed by atoms with van der Waals surface area (Å²) in [5.74, 6) is 2.28. The van der Waals surface area contributed by atoms with Gasteiger partial charge >= 0.3 is 0 Å². The molecule has 1 saturated heterocycles. The molecule has 32 heavy (non-hydrogen) atoms. The van der Waals surface area contributed by atoms with Gasteiger partial charge in [-0.05, 0) is 24.3 Å². The second-order valence-electron chi connectivity index (χ2n) is 8.19. The van der Waals surface area contributed by atoms with Crippen molar-refractivity contribution in [2.24, 2.45) is 0 Å². The summed E-state index contributed by atoms with van der Waals surface area (Å²) < 4.78 is 10.6. The van der Waals surface area contributed by atoms with Crippen molar-refractivity contribution in [2.75, 3.05) is 31.1 Å². The van der Waals surface area contributed by atoms with E-state index in [-0.39, 0.29) is 18.2 Å². The Labute approximate surface area is 185 Å². The first kappa shape index (κ1) is 20.2. The number of piperazine rings is 1. The average Bonchev–Trinajstić information content (AvgIpc) is 3.48. The van der Waals surface area contributed by atoms with Crippen LogP contribution in [-0.2, 0) is 11.2 Å². The SMILES string of the molecule is CC(C)c1nc(-c2ccc(N3CCN(C(=O)Cc4noc5ccccc45)CC3)nc2)no1. The molecule has 0 unspecified atom stereocenters. The minimum Gasteiger partial charge on any atom is -0.356 e. The Morgan fingerprint density at radius 1 is 1.03 bits per heavy atom. The second kappa shape index (κ2) is 8.41. The summed E-state index contributed by atoms with van der Waals surface area (Å²) in [6.45, 7) is 6.74. The topological polar surface area (TPSA) is 101 Å². The smallest absolute Gasteiger partial charge is 0.229 e. The van der Waals surface area contributed by atoms with Gasteiger partial charge in [0.25, 0.3) is 0 Å². The van der Waals surface area contributed by atoms with E-state index >= 15 is 0 Å². The third-order valence-corrected chi connectivity index (χ3v) is 5.67. The Hall–Kier alpha value is -3.75. The number of rotatable bonds is 5. The summed E-state index contributed by atoms with van der Waals surface area (Å²) in [6, 6.07) is 11.5. The Bertz CT molecular complexity index is 1220. The molecule has 5 rings (SSSR count). The highest BCUT2D eigenvalue weighted by Crippen LogP contribution is 2.22. The van der Waals surface area contributed by atoms with Gasteiger partial charge in [-0.15, -0.1) is 0 Å². The fourth-order valence-electron chi connectivity index (χ4n) is 3.80. The number of benzene rings is 1. The Morgan fingerprint density at radius 3 is 2.56 bits per heavy atom. The molecule has 164 valence electrons. The monoisotopic (exact) mass is 432 g/mol.